The molecule has 2 rings (SSSR count). The van der Waals surface area contributed by atoms with Crippen LogP contribution in [0.1, 0.15) is 17.4 Å². The molecule has 0 atom stereocenters. The van der Waals surface area contributed by atoms with Crippen LogP contribution >= 0.6 is 27.3 Å². The summed E-state index contributed by atoms with van der Waals surface area (Å²) in [5.74, 6) is 0. The van der Waals surface area contributed by atoms with Gasteiger partial charge in [-0.15, -0.1) is 11.3 Å². The van der Waals surface area contributed by atoms with Crippen LogP contribution in [-0.2, 0) is 16.6 Å². The average Bonchev–Trinajstić information content (AvgIpc) is 2.90. The van der Waals surface area contributed by atoms with Crippen molar-refractivity contribution in [2.24, 2.45) is 0 Å². The van der Waals surface area contributed by atoms with Gasteiger partial charge in [-0.3, -0.25) is 4.72 Å². The summed E-state index contributed by atoms with van der Waals surface area (Å²) in [6.45, 7) is 5.43. The zero-order valence-corrected chi connectivity index (χ0v) is 15.0. The molecular weight excluding hydrogens is 372 g/mol. The first-order chi connectivity index (χ1) is 9.92. The zero-order chi connectivity index (χ0) is 15.5. The number of nitrogens with one attached hydrogen (secondary N) is 2. The highest BCUT2D eigenvalue weighted by Gasteiger charge is 2.18. The molecule has 4 nitrogen and oxygen atoms in total. The van der Waals surface area contributed by atoms with Gasteiger partial charge in [-0.2, -0.15) is 0 Å². The number of sulfonamides is 1. The highest BCUT2D eigenvalue weighted by Crippen LogP contribution is 2.27. The van der Waals surface area contributed by atoms with Crippen LogP contribution in [0, 0.1) is 6.92 Å². The average molecular weight is 389 g/mol. The minimum atomic E-state index is -3.54. The van der Waals surface area contributed by atoms with Crippen molar-refractivity contribution >= 4 is 43.0 Å². The molecule has 0 aliphatic heterocycles. The number of hydrogen-bond acceptors (Lipinski definition) is 4. The third-order valence-electron chi connectivity index (χ3n) is 2.90. The van der Waals surface area contributed by atoms with E-state index in [-0.39, 0.29) is 0 Å². The fourth-order valence-corrected chi connectivity index (χ4v) is 4.55. The summed E-state index contributed by atoms with van der Waals surface area (Å²) in [6, 6.07) is 9.00. The van der Waals surface area contributed by atoms with Crippen LogP contribution in [0.4, 0.5) is 5.69 Å². The molecule has 0 aliphatic rings. The summed E-state index contributed by atoms with van der Waals surface area (Å²) < 4.78 is 28.6. The molecule has 2 aromatic rings. The molecule has 0 bridgehead atoms. The number of anilines is 1. The Morgan fingerprint density at radius 2 is 2.00 bits per heavy atom. The minimum Gasteiger partial charge on any atom is -0.312 e. The van der Waals surface area contributed by atoms with Crippen molar-refractivity contribution in [3.63, 3.8) is 0 Å². The Morgan fingerprint density at radius 1 is 1.24 bits per heavy atom. The normalized spacial score (nSPS) is 11.6. The van der Waals surface area contributed by atoms with Gasteiger partial charge >= 0.3 is 0 Å². The van der Waals surface area contributed by atoms with Crippen molar-refractivity contribution in [3.8, 4) is 0 Å². The summed E-state index contributed by atoms with van der Waals surface area (Å²) >= 11 is 4.64. The Labute approximate surface area is 137 Å². The van der Waals surface area contributed by atoms with E-state index in [0.717, 1.165) is 21.5 Å². The van der Waals surface area contributed by atoms with Crippen molar-refractivity contribution in [2.45, 2.75) is 24.6 Å². The Balaban J connectivity index is 2.22. The summed E-state index contributed by atoms with van der Waals surface area (Å²) in [5, 5.41) is 3.18. The van der Waals surface area contributed by atoms with Crippen LogP contribution in [-0.4, -0.2) is 15.0 Å². The van der Waals surface area contributed by atoms with E-state index >= 15 is 0 Å². The van der Waals surface area contributed by atoms with Crippen LogP contribution in [0.15, 0.2) is 39.0 Å². The molecule has 0 unspecified atom stereocenters. The Hall–Kier alpha value is -0.890. The lowest BCUT2D eigenvalue weighted by molar-refractivity contribution is 0.603. The standard InChI is InChI=1S/C14H17BrN2O2S2/c1-3-16-9-12-6-7-14(20-12)21(18,19)17-13-8-11(15)5-4-10(13)2/h4-8,16-17H,3,9H2,1-2H3. The lowest BCUT2D eigenvalue weighted by Gasteiger charge is -2.09. The van der Waals surface area contributed by atoms with E-state index in [1.165, 1.54) is 11.3 Å². The number of aryl methyl sites for hydroxylation is 1. The van der Waals surface area contributed by atoms with Gasteiger partial charge < -0.3 is 5.32 Å². The Morgan fingerprint density at radius 3 is 2.71 bits per heavy atom. The summed E-state index contributed by atoms with van der Waals surface area (Å²) in [7, 11) is -3.54. The monoisotopic (exact) mass is 388 g/mol. The van der Waals surface area contributed by atoms with Gasteiger partial charge in [-0.1, -0.05) is 28.9 Å². The summed E-state index contributed by atoms with van der Waals surface area (Å²) in [6.07, 6.45) is 0. The highest BCUT2D eigenvalue weighted by molar-refractivity contribution is 9.10. The predicted octanol–water partition coefficient (Wildman–Crippen LogP) is 3.73. The van der Waals surface area contributed by atoms with Gasteiger partial charge in [0, 0.05) is 15.9 Å². The van der Waals surface area contributed by atoms with Crippen molar-refractivity contribution in [3.05, 3.63) is 45.2 Å². The first kappa shape index (κ1) is 16.5. The first-order valence-corrected chi connectivity index (χ1v) is 9.60. The van der Waals surface area contributed by atoms with Gasteiger partial charge in [0.25, 0.3) is 10.0 Å². The molecule has 1 aromatic carbocycles. The maximum atomic E-state index is 12.4. The van der Waals surface area contributed by atoms with E-state index in [0.29, 0.717) is 16.4 Å². The quantitative estimate of drug-likeness (QED) is 0.792. The Kier molecular flexibility index (Phi) is 5.43. The molecule has 1 heterocycles. The third kappa shape index (κ3) is 4.29. The number of halogens is 1. The van der Waals surface area contributed by atoms with Crippen LogP contribution in [0.25, 0.3) is 0 Å². The van der Waals surface area contributed by atoms with Gasteiger partial charge in [0.1, 0.15) is 4.21 Å². The second-order valence-corrected chi connectivity index (χ2v) is 8.56. The van der Waals surface area contributed by atoms with Gasteiger partial charge in [0.15, 0.2) is 0 Å². The first-order valence-electron chi connectivity index (χ1n) is 6.51. The molecule has 0 aliphatic carbocycles. The molecule has 0 radical (unpaired) electrons. The molecule has 2 N–H and O–H groups in total. The van der Waals surface area contributed by atoms with Crippen LogP contribution < -0.4 is 10.0 Å². The second-order valence-electron chi connectivity index (χ2n) is 4.57. The molecule has 0 saturated carbocycles. The third-order valence-corrected chi connectivity index (χ3v) is 6.33. The highest BCUT2D eigenvalue weighted by atomic mass is 79.9. The maximum absolute atomic E-state index is 12.4. The largest absolute Gasteiger partial charge is 0.312 e. The lowest BCUT2D eigenvalue weighted by Crippen LogP contribution is -2.12. The molecule has 0 spiro atoms. The summed E-state index contributed by atoms with van der Waals surface area (Å²) in [5.41, 5.74) is 1.47. The predicted molar refractivity (Wildman–Crippen MR) is 91.4 cm³/mol. The number of thiophene rings is 1. The molecule has 21 heavy (non-hydrogen) atoms. The minimum absolute atomic E-state index is 0.328. The van der Waals surface area contributed by atoms with Crippen LogP contribution in [0.2, 0.25) is 0 Å². The van der Waals surface area contributed by atoms with E-state index < -0.39 is 10.0 Å². The van der Waals surface area contributed by atoms with Crippen molar-refractivity contribution < 1.29 is 8.42 Å². The van der Waals surface area contributed by atoms with E-state index in [1.807, 2.05) is 32.0 Å². The maximum Gasteiger partial charge on any atom is 0.271 e. The van der Waals surface area contributed by atoms with Crippen molar-refractivity contribution in [2.75, 3.05) is 11.3 Å². The lowest BCUT2D eigenvalue weighted by atomic mass is 10.2. The van der Waals surface area contributed by atoms with E-state index in [2.05, 4.69) is 26.0 Å². The van der Waals surface area contributed by atoms with E-state index in [9.17, 15) is 8.42 Å². The zero-order valence-electron chi connectivity index (χ0n) is 11.8. The van der Waals surface area contributed by atoms with Gasteiger partial charge in [0.05, 0.1) is 5.69 Å². The fraction of sp³-hybridized carbons (Fsp3) is 0.286. The van der Waals surface area contributed by atoms with Crippen LogP contribution in [0.3, 0.4) is 0 Å². The van der Waals surface area contributed by atoms with E-state index in [1.54, 1.807) is 12.1 Å². The SMILES string of the molecule is CCNCc1ccc(S(=O)(=O)Nc2cc(Br)ccc2C)s1. The molecule has 0 amide bonds. The smallest absolute Gasteiger partial charge is 0.271 e. The molecular formula is C14H17BrN2O2S2. The van der Waals surface area contributed by atoms with Gasteiger partial charge in [0.2, 0.25) is 0 Å². The molecule has 0 fully saturated rings. The summed E-state index contributed by atoms with van der Waals surface area (Å²) in [4.78, 5) is 1.00. The van der Waals surface area contributed by atoms with Crippen molar-refractivity contribution in [1.29, 1.82) is 0 Å². The van der Waals surface area contributed by atoms with E-state index in [4.69, 9.17) is 0 Å². The topological polar surface area (TPSA) is 58.2 Å². The number of benzene rings is 1. The second kappa shape index (κ2) is 6.91. The molecule has 7 heteroatoms. The fourth-order valence-electron chi connectivity index (χ4n) is 1.75. The molecule has 0 saturated heterocycles. The number of rotatable bonds is 6. The van der Waals surface area contributed by atoms with Crippen molar-refractivity contribution in [1.82, 2.24) is 5.32 Å². The Bertz CT molecular complexity index is 726. The molecule has 1 aromatic heterocycles. The van der Waals surface area contributed by atoms with Gasteiger partial charge in [-0.25, -0.2) is 8.42 Å². The van der Waals surface area contributed by atoms with Gasteiger partial charge in [-0.05, 0) is 43.3 Å². The van der Waals surface area contributed by atoms with Crippen LogP contribution in [0.5, 0.6) is 0 Å². The molecule has 114 valence electrons. The number of hydrogen-bond donors (Lipinski definition) is 2.